The molecular weight excluding hydrogens is 408 g/mol. The van der Waals surface area contributed by atoms with E-state index in [0.29, 0.717) is 14.8 Å². The summed E-state index contributed by atoms with van der Waals surface area (Å²) < 4.78 is 5.44. The molecule has 0 saturated carbocycles. The van der Waals surface area contributed by atoms with Gasteiger partial charge in [0.25, 0.3) is 5.91 Å². The molecular formula is C21H14N2O4S2. The fourth-order valence-electron chi connectivity index (χ4n) is 3.17. The average Bonchev–Trinajstić information content (AvgIpc) is 3.00. The number of anilines is 1. The normalized spacial score (nSPS) is 15.3. The van der Waals surface area contributed by atoms with Crippen molar-refractivity contribution in [1.29, 1.82) is 0 Å². The van der Waals surface area contributed by atoms with E-state index in [4.69, 9.17) is 17.0 Å². The number of thioether (sulfide) groups is 1. The van der Waals surface area contributed by atoms with E-state index in [1.807, 2.05) is 42.5 Å². The second-order valence-corrected chi connectivity index (χ2v) is 7.88. The molecule has 0 aromatic heterocycles. The van der Waals surface area contributed by atoms with Crippen LogP contribution in [0.15, 0.2) is 65.6 Å². The number of thiocarbonyl (C=S) groups is 1. The van der Waals surface area contributed by atoms with Crippen LogP contribution in [0.4, 0.5) is 11.4 Å². The number of hydrogen-bond acceptors (Lipinski definition) is 6. The molecule has 1 heterocycles. The first-order valence-corrected chi connectivity index (χ1v) is 9.80. The second-order valence-electron chi connectivity index (χ2n) is 6.20. The summed E-state index contributed by atoms with van der Waals surface area (Å²) in [5.74, 6) is -0.0923. The highest BCUT2D eigenvalue weighted by Gasteiger charge is 2.34. The van der Waals surface area contributed by atoms with Crippen LogP contribution < -0.4 is 9.64 Å². The largest absolute Gasteiger partial charge is 0.490 e. The van der Waals surface area contributed by atoms with Gasteiger partial charge in [0.2, 0.25) is 0 Å². The maximum absolute atomic E-state index is 13.1. The first-order valence-electron chi connectivity index (χ1n) is 8.58. The van der Waals surface area contributed by atoms with Crippen LogP contribution in [0.5, 0.6) is 5.75 Å². The van der Waals surface area contributed by atoms with Crippen LogP contribution in [0.2, 0.25) is 0 Å². The Morgan fingerprint density at radius 1 is 1.14 bits per heavy atom. The topological polar surface area (TPSA) is 72.7 Å². The fraction of sp³-hybridized carbons (Fsp3) is 0.0476. The van der Waals surface area contributed by atoms with Crippen molar-refractivity contribution in [3.8, 4) is 5.75 Å². The molecule has 0 aliphatic carbocycles. The molecule has 3 aromatic rings. The van der Waals surface area contributed by atoms with Gasteiger partial charge < -0.3 is 4.74 Å². The molecule has 144 valence electrons. The lowest BCUT2D eigenvalue weighted by atomic mass is 10.1. The first-order chi connectivity index (χ1) is 14.0. The van der Waals surface area contributed by atoms with E-state index in [2.05, 4.69) is 0 Å². The van der Waals surface area contributed by atoms with Gasteiger partial charge in [0, 0.05) is 11.5 Å². The van der Waals surface area contributed by atoms with Gasteiger partial charge in [0.05, 0.1) is 22.6 Å². The molecule has 0 bridgehead atoms. The Morgan fingerprint density at radius 3 is 2.66 bits per heavy atom. The van der Waals surface area contributed by atoms with Crippen LogP contribution in [0.3, 0.4) is 0 Å². The van der Waals surface area contributed by atoms with Crippen LogP contribution in [0, 0.1) is 10.1 Å². The number of amides is 1. The Kier molecular flexibility index (Phi) is 5.04. The summed E-state index contributed by atoms with van der Waals surface area (Å²) in [6, 6.07) is 18.0. The van der Waals surface area contributed by atoms with Gasteiger partial charge in [-0.1, -0.05) is 66.4 Å². The third kappa shape index (κ3) is 3.48. The molecule has 1 aliphatic heterocycles. The molecule has 1 saturated heterocycles. The fourth-order valence-corrected chi connectivity index (χ4v) is 4.45. The summed E-state index contributed by atoms with van der Waals surface area (Å²) in [4.78, 5) is 25.7. The molecule has 8 heteroatoms. The van der Waals surface area contributed by atoms with Crippen molar-refractivity contribution in [1.82, 2.24) is 0 Å². The molecule has 1 aliphatic rings. The van der Waals surface area contributed by atoms with Crippen LogP contribution in [0.1, 0.15) is 5.56 Å². The van der Waals surface area contributed by atoms with E-state index in [0.717, 1.165) is 16.5 Å². The van der Waals surface area contributed by atoms with Crippen LogP contribution >= 0.6 is 24.0 Å². The SMILES string of the molecule is COc1ccc(/C=C2\SC(=S)N(c3cccc4ccccc34)C2=O)cc1[N+](=O)[O-]. The third-order valence-corrected chi connectivity index (χ3v) is 5.80. The highest BCUT2D eigenvalue weighted by atomic mass is 32.2. The summed E-state index contributed by atoms with van der Waals surface area (Å²) in [6.45, 7) is 0. The number of carbonyl (C=O) groups excluding carboxylic acids is 1. The zero-order valence-electron chi connectivity index (χ0n) is 15.2. The number of nitrogens with zero attached hydrogens (tertiary/aromatic N) is 2. The van der Waals surface area contributed by atoms with Crippen LogP contribution in [-0.4, -0.2) is 22.3 Å². The molecule has 4 rings (SSSR count). The smallest absolute Gasteiger partial charge is 0.311 e. The van der Waals surface area contributed by atoms with Gasteiger partial charge in [0.15, 0.2) is 10.1 Å². The number of carbonyl (C=O) groups is 1. The standard InChI is InChI=1S/C21H14N2O4S2/c1-27-18-10-9-13(11-17(18)23(25)26)12-19-20(24)22(21(28)29-19)16-8-4-6-14-5-2-3-7-15(14)16/h2-12H,1H3/b19-12-. The molecule has 1 amide bonds. The maximum atomic E-state index is 13.1. The Hall–Kier alpha value is -3.23. The Balaban J connectivity index is 1.74. The van der Waals surface area contributed by atoms with E-state index in [-0.39, 0.29) is 17.3 Å². The maximum Gasteiger partial charge on any atom is 0.311 e. The molecule has 0 unspecified atom stereocenters. The van der Waals surface area contributed by atoms with Crippen molar-refractivity contribution >= 4 is 62.4 Å². The quantitative estimate of drug-likeness (QED) is 0.250. The summed E-state index contributed by atoms with van der Waals surface area (Å²) in [7, 11) is 1.37. The second kappa shape index (κ2) is 7.65. The van der Waals surface area contributed by atoms with Gasteiger partial charge >= 0.3 is 5.69 Å². The molecule has 1 fully saturated rings. The van der Waals surface area contributed by atoms with Crippen molar-refractivity contribution in [2.75, 3.05) is 12.0 Å². The molecule has 3 aromatic carbocycles. The molecule has 6 nitrogen and oxygen atoms in total. The van der Waals surface area contributed by atoms with Crippen molar-refractivity contribution in [2.24, 2.45) is 0 Å². The number of methoxy groups -OCH3 is 1. The molecule has 29 heavy (non-hydrogen) atoms. The van der Waals surface area contributed by atoms with E-state index >= 15 is 0 Å². The van der Waals surface area contributed by atoms with Gasteiger partial charge in [-0.2, -0.15) is 0 Å². The molecule has 0 spiro atoms. The van der Waals surface area contributed by atoms with Gasteiger partial charge in [-0.05, 0) is 29.2 Å². The van der Waals surface area contributed by atoms with Gasteiger partial charge in [-0.3, -0.25) is 19.8 Å². The predicted octanol–water partition coefficient (Wildman–Crippen LogP) is 5.16. The minimum atomic E-state index is -0.516. The van der Waals surface area contributed by atoms with Crippen LogP contribution in [-0.2, 0) is 4.79 Å². The Labute approximate surface area is 175 Å². The van der Waals surface area contributed by atoms with Crippen molar-refractivity contribution in [3.63, 3.8) is 0 Å². The predicted molar refractivity (Wildman–Crippen MR) is 119 cm³/mol. The molecule has 0 atom stereocenters. The number of rotatable bonds is 4. The van der Waals surface area contributed by atoms with Gasteiger partial charge in [-0.25, -0.2) is 0 Å². The summed E-state index contributed by atoms with van der Waals surface area (Å²) in [6.07, 6.45) is 1.61. The van der Waals surface area contributed by atoms with E-state index in [9.17, 15) is 14.9 Å². The van der Waals surface area contributed by atoms with Crippen molar-refractivity contribution in [3.05, 3.63) is 81.2 Å². The molecule has 0 N–H and O–H groups in total. The summed E-state index contributed by atoms with van der Waals surface area (Å²) in [5, 5.41) is 13.2. The zero-order valence-corrected chi connectivity index (χ0v) is 16.8. The van der Waals surface area contributed by atoms with E-state index in [1.54, 1.807) is 12.1 Å². The monoisotopic (exact) mass is 422 g/mol. The molecule has 0 radical (unpaired) electrons. The number of nitro benzene ring substituents is 1. The number of nitro groups is 1. The number of fused-ring (bicyclic) bond motifs is 1. The summed E-state index contributed by atoms with van der Waals surface area (Å²) >= 11 is 6.63. The van der Waals surface area contributed by atoms with Crippen LogP contribution in [0.25, 0.3) is 16.8 Å². The summed E-state index contributed by atoms with van der Waals surface area (Å²) in [5.41, 5.74) is 1.08. The highest BCUT2D eigenvalue weighted by Crippen LogP contribution is 2.39. The Morgan fingerprint density at radius 2 is 1.90 bits per heavy atom. The first kappa shape index (κ1) is 19.1. The van der Waals surface area contributed by atoms with Gasteiger partial charge in [0.1, 0.15) is 0 Å². The number of ether oxygens (including phenoxy) is 1. The Bertz CT molecular complexity index is 1200. The lowest BCUT2D eigenvalue weighted by Gasteiger charge is -2.17. The number of benzene rings is 3. The van der Waals surface area contributed by atoms with Crippen molar-refractivity contribution in [2.45, 2.75) is 0 Å². The third-order valence-electron chi connectivity index (χ3n) is 4.50. The highest BCUT2D eigenvalue weighted by molar-refractivity contribution is 8.27. The lowest BCUT2D eigenvalue weighted by Crippen LogP contribution is -2.27. The zero-order chi connectivity index (χ0) is 20.5. The average molecular weight is 422 g/mol. The number of hydrogen-bond donors (Lipinski definition) is 0. The minimum Gasteiger partial charge on any atom is -0.490 e. The van der Waals surface area contributed by atoms with Crippen molar-refractivity contribution < 1.29 is 14.5 Å². The lowest BCUT2D eigenvalue weighted by molar-refractivity contribution is -0.385. The van der Waals surface area contributed by atoms with E-state index < -0.39 is 4.92 Å². The van der Waals surface area contributed by atoms with E-state index in [1.165, 1.54) is 35.9 Å². The van der Waals surface area contributed by atoms with Gasteiger partial charge in [-0.15, -0.1) is 0 Å². The minimum absolute atomic E-state index is 0.161.